The van der Waals surface area contributed by atoms with Crippen molar-refractivity contribution in [2.24, 2.45) is 0 Å². The van der Waals surface area contributed by atoms with Crippen molar-refractivity contribution in [3.63, 3.8) is 0 Å². The van der Waals surface area contributed by atoms with Gasteiger partial charge in [0, 0.05) is 17.3 Å². The van der Waals surface area contributed by atoms with Crippen molar-refractivity contribution in [2.75, 3.05) is 19.5 Å². The predicted molar refractivity (Wildman–Crippen MR) is 88.2 cm³/mol. The fraction of sp³-hybridized carbons (Fsp3) is 0.111. The molecule has 0 saturated carbocycles. The summed E-state index contributed by atoms with van der Waals surface area (Å²) in [5.74, 6) is 0.674. The number of para-hydroxylation sites is 1. The third-order valence-corrected chi connectivity index (χ3v) is 3.14. The number of benzene rings is 2. The normalized spacial score (nSPS) is 10.6. The van der Waals surface area contributed by atoms with Gasteiger partial charge in [-0.25, -0.2) is 0 Å². The van der Waals surface area contributed by atoms with E-state index in [1.807, 2.05) is 12.1 Å². The highest BCUT2D eigenvalue weighted by molar-refractivity contribution is 6.09. The molecule has 0 saturated heterocycles. The van der Waals surface area contributed by atoms with E-state index >= 15 is 0 Å². The van der Waals surface area contributed by atoms with E-state index in [9.17, 15) is 10.1 Å². The van der Waals surface area contributed by atoms with E-state index in [1.54, 1.807) is 49.6 Å². The molecule has 116 valence electrons. The predicted octanol–water partition coefficient (Wildman–Crippen LogP) is 3.25. The highest BCUT2D eigenvalue weighted by Crippen LogP contribution is 2.26. The zero-order chi connectivity index (χ0) is 16.7. The van der Waals surface area contributed by atoms with Gasteiger partial charge >= 0.3 is 0 Å². The molecule has 0 radical (unpaired) electrons. The molecule has 0 bridgehead atoms. The van der Waals surface area contributed by atoms with E-state index < -0.39 is 5.91 Å². The van der Waals surface area contributed by atoms with Crippen LogP contribution in [0.25, 0.3) is 6.08 Å². The van der Waals surface area contributed by atoms with E-state index in [2.05, 4.69) is 5.32 Å². The molecule has 23 heavy (non-hydrogen) atoms. The highest BCUT2D eigenvalue weighted by atomic mass is 16.5. The van der Waals surface area contributed by atoms with Gasteiger partial charge in [-0.2, -0.15) is 5.26 Å². The zero-order valence-electron chi connectivity index (χ0n) is 12.9. The maximum Gasteiger partial charge on any atom is 0.266 e. The van der Waals surface area contributed by atoms with Crippen LogP contribution < -0.4 is 14.8 Å². The number of nitrogens with one attached hydrogen (secondary N) is 1. The molecule has 1 amide bonds. The first-order chi connectivity index (χ1) is 11.2. The number of ether oxygens (including phenoxy) is 2. The molecule has 0 aliphatic carbocycles. The van der Waals surface area contributed by atoms with Gasteiger partial charge < -0.3 is 14.8 Å². The lowest BCUT2D eigenvalue weighted by Gasteiger charge is -2.08. The molecule has 1 N–H and O–H groups in total. The molecule has 0 heterocycles. The summed E-state index contributed by atoms with van der Waals surface area (Å²) in [4.78, 5) is 12.2. The second kappa shape index (κ2) is 7.66. The largest absolute Gasteiger partial charge is 0.497 e. The molecular weight excluding hydrogens is 292 g/mol. The second-order valence-electron chi connectivity index (χ2n) is 4.60. The number of nitriles is 1. The van der Waals surface area contributed by atoms with Crippen LogP contribution >= 0.6 is 0 Å². The van der Waals surface area contributed by atoms with Crippen molar-refractivity contribution in [2.45, 2.75) is 0 Å². The Labute approximate surface area is 134 Å². The molecule has 5 nitrogen and oxygen atoms in total. The minimum absolute atomic E-state index is 0.0164. The lowest BCUT2D eigenvalue weighted by molar-refractivity contribution is -0.112. The van der Waals surface area contributed by atoms with Gasteiger partial charge in [-0.1, -0.05) is 18.2 Å². The number of carbonyl (C=O) groups is 1. The maximum atomic E-state index is 12.2. The number of rotatable bonds is 5. The Morgan fingerprint density at radius 1 is 1.13 bits per heavy atom. The van der Waals surface area contributed by atoms with Crippen LogP contribution in [0.4, 0.5) is 5.69 Å². The number of nitrogens with zero attached hydrogens (tertiary/aromatic N) is 1. The lowest BCUT2D eigenvalue weighted by Crippen LogP contribution is -2.13. The fourth-order valence-electron chi connectivity index (χ4n) is 1.96. The molecule has 0 unspecified atom stereocenters. The van der Waals surface area contributed by atoms with Crippen LogP contribution in [-0.2, 0) is 4.79 Å². The minimum atomic E-state index is -0.475. The van der Waals surface area contributed by atoms with Crippen LogP contribution in [0.5, 0.6) is 11.5 Å². The summed E-state index contributed by atoms with van der Waals surface area (Å²) in [6.45, 7) is 0. The standard InChI is InChI=1S/C18H16N2O3/c1-22-16-9-8-13(17(11-16)23-2)10-14(12-19)18(21)20-15-6-4-3-5-7-15/h3-11H,1-2H3,(H,20,21)/b14-10-. The van der Waals surface area contributed by atoms with E-state index in [0.717, 1.165) is 0 Å². The van der Waals surface area contributed by atoms with Crippen LogP contribution in [0.1, 0.15) is 5.56 Å². The van der Waals surface area contributed by atoms with Crippen molar-refractivity contribution in [3.05, 3.63) is 59.7 Å². The molecule has 0 spiro atoms. The molecule has 2 rings (SSSR count). The van der Waals surface area contributed by atoms with Crippen LogP contribution in [0.2, 0.25) is 0 Å². The Morgan fingerprint density at radius 3 is 2.48 bits per heavy atom. The number of hydrogen-bond donors (Lipinski definition) is 1. The van der Waals surface area contributed by atoms with Crippen LogP contribution in [0.15, 0.2) is 54.1 Å². The quantitative estimate of drug-likeness (QED) is 0.680. The number of anilines is 1. The summed E-state index contributed by atoms with van der Waals surface area (Å²) in [6, 6.07) is 16.0. The Kier molecular flexibility index (Phi) is 5.37. The number of carbonyl (C=O) groups excluding carboxylic acids is 1. The molecule has 2 aromatic rings. The first-order valence-corrected chi connectivity index (χ1v) is 6.88. The summed E-state index contributed by atoms with van der Waals surface area (Å²) >= 11 is 0. The van der Waals surface area contributed by atoms with E-state index in [1.165, 1.54) is 13.2 Å². The zero-order valence-corrected chi connectivity index (χ0v) is 12.9. The fourth-order valence-corrected chi connectivity index (χ4v) is 1.96. The highest BCUT2D eigenvalue weighted by Gasteiger charge is 2.11. The van der Waals surface area contributed by atoms with E-state index in [0.29, 0.717) is 22.7 Å². The average Bonchev–Trinajstić information content (AvgIpc) is 2.60. The van der Waals surface area contributed by atoms with Gasteiger partial charge in [-0.15, -0.1) is 0 Å². The van der Waals surface area contributed by atoms with Crippen LogP contribution in [0, 0.1) is 11.3 Å². The van der Waals surface area contributed by atoms with Crippen molar-refractivity contribution in [1.29, 1.82) is 5.26 Å². The molecule has 0 aliphatic heterocycles. The van der Waals surface area contributed by atoms with Crippen molar-refractivity contribution < 1.29 is 14.3 Å². The Hall–Kier alpha value is -3.26. The molecule has 0 aromatic heterocycles. The summed E-state index contributed by atoms with van der Waals surface area (Å²) in [5.41, 5.74) is 1.23. The lowest BCUT2D eigenvalue weighted by atomic mass is 10.1. The summed E-state index contributed by atoms with van der Waals surface area (Å²) < 4.78 is 10.4. The third-order valence-electron chi connectivity index (χ3n) is 3.14. The minimum Gasteiger partial charge on any atom is -0.497 e. The van der Waals surface area contributed by atoms with Gasteiger partial charge in [0.15, 0.2) is 0 Å². The topological polar surface area (TPSA) is 71.3 Å². The van der Waals surface area contributed by atoms with Gasteiger partial charge in [0.1, 0.15) is 23.1 Å². The summed E-state index contributed by atoms with van der Waals surface area (Å²) in [7, 11) is 3.07. The number of methoxy groups -OCH3 is 2. The molecule has 0 aliphatic rings. The van der Waals surface area contributed by atoms with Gasteiger partial charge in [0.2, 0.25) is 0 Å². The third kappa shape index (κ3) is 4.11. The second-order valence-corrected chi connectivity index (χ2v) is 4.60. The van der Waals surface area contributed by atoms with Crippen molar-refractivity contribution >= 4 is 17.7 Å². The molecule has 2 aromatic carbocycles. The van der Waals surface area contributed by atoms with E-state index in [-0.39, 0.29) is 5.57 Å². The van der Waals surface area contributed by atoms with Crippen molar-refractivity contribution in [1.82, 2.24) is 0 Å². The van der Waals surface area contributed by atoms with Gasteiger partial charge in [0.25, 0.3) is 5.91 Å². The van der Waals surface area contributed by atoms with Gasteiger partial charge in [-0.3, -0.25) is 4.79 Å². The molecule has 0 atom stereocenters. The van der Waals surface area contributed by atoms with E-state index in [4.69, 9.17) is 9.47 Å². The number of amides is 1. The maximum absolute atomic E-state index is 12.2. The molecule has 0 fully saturated rings. The SMILES string of the molecule is COc1ccc(/C=C(/C#N)C(=O)Nc2ccccc2)c(OC)c1. The first kappa shape index (κ1) is 16.1. The average molecular weight is 308 g/mol. The van der Waals surface area contributed by atoms with Crippen molar-refractivity contribution in [3.8, 4) is 17.6 Å². The Balaban J connectivity index is 2.28. The monoisotopic (exact) mass is 308 g/mol. The van der Waals surface area contributed by atoms with Gasteiger partial charge in [0.05, 0.1) is 14.2 Å². The van der Waals surface area contributed by atoms with Crippen LogP contribution in [0.3, 0.4) is 0 Å². The smallest absolute Gasteiger partial charge is 0.266 e. The summed E-state index contributed by atoms with van der Waals surface area (Å²) in [5, 5.41) is 11.9. The molecule has 5 heteroatoms. The van der Waals surface area contributed by atoms with Gasteiger partial charge in [-0.05, 0) is 30.3 Å². The molecular formula is C18H16N2O3. The number of hydrogen-bond acceptors (Lipinski definition) is 4. The summed E-state index contributed by atoms with van der Waals surface area (Å²) in [6.07, 6.45) is 1.48. The van der Waals surface area contributed by atoms with Crippen LogP contribution in [-0.4, -0.2) is 20.1 Å². The first-order valence-electron chi connectivity index (χ1n) is 6.88. The Bertz CT molecular complexity index is 762. The Morgan fingerprint density at radius 2 is 1.87 bits per heavy atom.